The summed E-state index contributed by atoms with van der Waals surface area (Å²) in [6.45, 7) is 0.125. The van der Waals surface area contributed by atoms with Gasteiger partial charge in [0.25, 0.3) is 5.91 Å². The summed E-state index contributed by atoms with van der Waals surface area (Å²) in [5.74, 6) is -0.651. The van der Waals surface area contributed by atoms with Crippen molar-refractivity contribution in [3.63, 3.8) is 0 Å². The van der Waals surface area contributed by atoms with E-state index in [9.17, 15) is 9.18 Å². The Hall–Kier alpha value is -2.93. The summed E-state index contributed by atoms with van der Waals surface area (Å²) in [5.41, 5.74) is 6.79. The molecule has 0 bridgehead atoms. The van der Waals surface area contributed by atoms with Crippen molar-refractivity contribution < 1.29 is 13.9 Å². The molecule has 0 atom stereocenters. The number of carbonyl (C=O) groups excluding carboxylic acids is 1. The molecule has 8 heteroatoms. The van der Waals surface area contributed by atoms with Crippen molar-refractivity contribution in [1.82, 2.24) is 15.4 Å². The predicted octanol–water partition coefficient (Wildman–Crippen LogP) is 2.94. The van der Waals surface area contributed by atoms with Crippen LogP contribution in [0.1, 0.15) is 16.1 Å². The molecule has 0 aliphatic heterocycles. The third kappa shape index (κ3) is 3.21. The Balaban J connectivity index is 1.90. The predicted molar refractivity (Wildman–Crippen MR) is 86.1 cm³/mol. The van der Waals surface area contributed by atoms with E-state index in [4.69, 9.17) is 22.1 Å². The molecule has 0 radical (unpaired) electrons. The number of benzene rings is 2. The van der Waals surface area contributed by atoms with Crippen LogP contribution >= 0.6 is 11.6 Å². The van der Waals surface area contributed by atoms with E-state index in [1.165, 1.54) is 12.1 Å². The molecule has 0 aliphatic rings. The maximum absolute atomic E-state index is 13.1. The third-order valence-corrected chi connectivity index (χ3v) is 3.67. The molecule has 24 heavy (non-hydrogen) atoms. The quantitative estimate of drug-likeness (QED) is 0.742. The van der Waals surface area contributed by atoms with Crippen molar-refractivity contribution in [2.75, 3.05) is 0 Å². The summed E-state index contributed by atoms with van der Waals surface area (Å²) in [6.07, 6.45) is 0. The zero-order valence-electron chi connectivity index (χ0n) is 12.3. The van der Waals surface area contributed by atoms with Gasteiger partial charge in [0.05, 0.1) is 5.02 Å². The maximum atomic E-state index is 13.1. The van der Waals surface area contributed by atoms with Crippen molar-refractivity contribution in [3.05, 3.63) is 64.6 Å². The van der Waals surface area contributed by atoms with Crippen LogP contribution in [0.25, 0.3) is 11.3 Å². The number of ether oxygens (including phenoxy) is 1. The number of carbonyl (C=O) groups is 1. The number of aromatic amines is 1. The van der Waals surface area contributed by atoms with Crippen LogP contribution in [-0.4, -0.2) is 21.3 Å². The molecule has 0 fully saturated rings. The van der Waals surface area contributed by atoms with E-state index < -0.39 is 11.7 Å². The summed E-state index contributed by atoms with van der Waals surface area (Å²) < 4.78 is 18.9. The zero-order valence-corrected chi connectivity index (χ0v) is 13.0. The first-order valence-corrected chi connectivity index (χ1v) is 7.30. The topological polar surface area (TPSA) is 93.9 Å². The summed E-state index contributed by atoms with van der Waals surface area (Å²) in [6, 6.07) is 11.1. The number of halogens is 2. The first-order valence-electron chi connectivity index (χ1n) is 6.93. The van der Waals surface area contributed by atoms with E-state index in [0.717, 1.165) is 0 Å². The second kappa shape index (κ2) is 6.67. The highest BCUT2D eigenvalue weighted by Crippen LogP contribution is 2.31. The monoisotopic (exact) mass is 346 g/mol. The van der Waals surface area contributed by atoms with Crippen molar-refractivity contribution in [2.45, 2.75) is 6.61 Å². The molecule has 0 aliphatic carbocycles. The lowest BCUT2D eigenvalue weighted by atomic mass is 10.1. The van der Waals surface area contributed by atoms with Crippen LogP contribution in [0.4, 0.5) is 4.39 Å². The van der Waals surface area contributed by atoms with Crippen LogP contribution < -0.4 is 10.5 Å². The SMILES string of the molecule is NC(=O)c1n[nH]nc1-c1ccccc1OCc1ccc(F)cc1Cl. The molecule has 3 rings (SSSR count). The smallest absolute Gasteiger partial charge is 0.271 e. The van der Waals surface area contributed by atoms with Crippen molar-refractivity contribution in [3.8, 4) is 17.0 Å². The minimum atomic E-state index is -0.699. The Bertz CT molecular complexity index is 897. The normalized spacial score (nSPS) is 10.6. The van der Waals surface area contributed by atoms with E-state index in [1.807, 2.05) is 0 Å². The first-order chi connectivity index (χ1) is 11.6. The first kappa shape index (κ1) is 15.9. The van der Waals surface area contributed by atoms with Crippen LogP contribution in [-0.2, 0) is 6.61 Å². The number of primary amides is 1. The molecule has 1 amide bonds. The Morgan fingerprint density at radius 3 is 2.79 bits per heavy atom. The van der Waals surface area contributed by atoms with Crippen LogP contribution in [0, 0.1) is 5.82 Å². The number of nitrogens with zero attached hydrogens (tertiary/aromatic N) is 2. The fourth-order valence-corrected chi connectivity index (χ4v) is 2.39. The summed E-state index contributed by atoms with van der Waals surface area (Å²) in [7, 11) is 0. The third-order valence-electron chi connectivity index (χ3n) is 3.32. The summed E-state index contributed by atoms with van der Waals surface area (Å²) >= 11 is 5.99. The van der Waals surface area contributed by atoms with Gasteiger partial charge in [-0.15, -0.1) is 0 Å². The van der Waals surface area contributed by atoms with Gasteiger partial charge in [0.1, 0.15) is 23.9 Å². The maximum Gasteiger partial charge on any atom is 0.271 e. The Morgan fingerprint density at radius 2 is 2.04 bits per heavy atom. The van der Waals surface area contributed by atoms with E-state index in [0.29, 0.717) is 22.6 Å². The molecule has 0 unspecified atom stereocenters. The Labute approximate surface area is 141 Å². The number of aromatic nitrogens is 3. The molecule has 0 spiro atoms. The van der Waals surface area contributed by atoms with Gasteiger partial charge in [-0.2, -0.15) is 15.4 Å². The molecule has 0 saturated carbocycles. The number of hydrogen-bond acceptors (Lipinski definition) is 4. The second-order valence-corrected chi connectivity index (χ2v) is 5.31. The molecular weight excluding hydrogens is 335 g/mol. The lowest BCUT2D eigenvalue weighted by Gasteiger charge is -2.11. The van der Waals surface area contributed by atoms with Crippen LogP contribution in [0.5, 0.6) is 5.75 Å². The molecule has 3 N–H and O–H groups in total. The van der Waals surface area contributed by atoms with Crippen molar-refractivity contribution in [1.29, 1.82) is 0 Å². The van der Waals surface area contributed by atoms with Gasteiger partial charge >= 0.3 is 0 Å². The van der Waals surface area contributed by atoms with Gasteiger partial charge in [-0.3, -0.25) is 4.79 Å². The fraction of sp³-hybridized carbons (Fsp3) is 0.0625. The Kier molecular flexibility index (Phi) is 4.43. The van der Waals surface area contributed by atoms with E-state index in [1.54, 1.807) is 30.3 Å². The Morgan fingerprint density at radius 1 is 1.25 bits per heavy atom. The second-order valence-electron chi connectivity index (χ2n) is 4.91. The number of nitrogens with one attached hydrogen (secondary N) is 1. The van der Waals surface area contributed by atoms with E-state index in [2.05, 4.69) is 15.4 Å². The highest BCUT2D eigenvalue weighted by Gasteiger charge is 2.18. The molecule has 2 aromatic carbocycles. The van der Waals surface area contributed by atoms with Crippen molar-refractivity contribution >= 4 is 17.5 Å². The zero-order chi connectivity index (χ0) is 17.1. The minimum Gasteiger partial charge on any atom is -0.488 e. The fourth-order valence-electron chi connectivity index (χ4n) is 2.17. The number of hydrogen-bond donors (Lipinski definition) is 2. The number of nitrogens with two attached hydrogens (primary N) is 1. The average Bonchev–Trinajstić information content (AvgIpc) is 3.04. The van der Waals surface area contributed by atoms with Gasteiger partial charge in [-0.1, -0.05) is 29.8 Å². The number of para-hydroxylation sites is 1. The molecule has 6 nitrogen and oxygen atoms in total. The number of H-pyrrole nitrogens is 1. The van der Waals surface area contributed by atoms with Gasteiger partial charge in [-0.05, 0) is 24.3 Å². The van der Waals surface area contributed by atoms with E-state index >= 15 is 0 Å². The van der Waals surface area contributed by atoms with Crippen molar-refractivity contribution in [2.24, 2.45) is 5.73 Å². The molecule has 0 saturated heterocycles. The number of rotatable bonds is 5. The molecule has 1 aromatic heterocycles. The van der Waals surface area contributed by atoms with Gasteiger partial charge in [0.15, 0.2) is 5.69 Å². The van der Waals surface area contributed by atoms with Crippen LogP contribution in [0.3, 0.4) is 0 Å². The lowest BCUT2D eigenvalue weighted by molar-refractivity contribution is 0.0996. The highest BCUT2D eigenvalue weighted by molar-refractivity contribution is 6.31. The van der Waals surface area contributed by atoms with Gasteiger partial charge in [0, 0.05) is 11.1 Å². The standard InChI is InChI=1S/C16H12ClFN4O2/c17-12-7-10(18)6-5-9(12)8-24-13-4-2-1-3-11(13)14-15(16(19)23)21-22-20-14/h1-7H,8H2,(H2,19,23)(H,20,21,22). The van der Waals surface area contributed by atoms with Gasteiger partial charge in [0.2, 0.25) is 0 Å². The minimum absolute atomic E-state index is 0.0193. The molecule has 1 heterocycles. The molecule has 122 valence electrons. The molecule has 3 aromatic rings. The average molecular weight is 347 g/mol. The number of amides is 1. The van der Waals surface area contributed by atoms with Gasteiger partial charge < -0.3 is 10.5 Å². The molecular formula is C16H12ClFN4O2. The van der Waals surface area contributed by atoms with Gasteiger partial charge in [-0.25, -0.2) is 4.39 Å². The van der Waals surface area contributed by atoms with E-state index in [-0.39, 0.29) is 17.3 Å². The van der Waals surface area contributed by atoms with Crippen LogP contribution in [0.15, 0.2) is 42.5 Å². The summed E-state index contributed by atoms with van der Waals surface area (Å²) in [5, 5.41) is 10.4. The largest absolute Gasteiger partial charge is 0.488 e. The lowest BCUT2D eigenvalue weighted by Crippen LogP contribution is -2.13. The highest BCUT2D eigenvalue weighted by atomic mass is 35.5. The van der Waals surface area contributed by atoms with Crippen LogP contribution in [0.2, 0.25) is 5.02 Å². The summed E-state index contributed by atoms with van der Waals surface area (Å²) in [4.78, 5) is 11.4.